The van der Waals surface area contributed by atoms with Crippen molar-refractivity contribution in [3.63, 3.8) is 0 Å². The summed E-state index contributed by atoms with van der Waals surface area (Å²) in [6.45, 7) is 5.23. The largest absolute Gasteiger partial charge is 0.393 e. The smallest absolute Gasteiger partial charge is 0.0767 e. The quantitative estimate of drug-likeness (QED) is 0.922. The van der Waals surface area contributed by atoms with Gasteiger partial charge in [0, 0.05) is 32.6 Å². The lowest BCUT2D eigenvalue weighted by molar-refractivity contribution is 0.123. The number of hydrogen-bond donors (Lipinski definition) is 1. The second kappa shape index (κ2) is 5.19. The molecule has 3 rings (SSSR count). The highest BCUT2D eigenvalue weighted by Gasteiger charge is 2.41. The molecule has 2 aliphatic rings. The number of aryl methyl sites for hydroxylation is 2. The van der Waals surface area contributed by atoms with Crippen LogP contribution in [0.3, 0.4) is 0 Å². The number of aliphatic hydroxyl groups excluding tert-OH is 1. The van der Waals surface area contributed by atoms with Gasteiger partial charge in [0.1, 0.15) is 0 Å². The molecule has 1 aliphatic carbocycles. The zero-order valence-corrected chi connectivity index (χ0v) is 13.2. The van der Waals surface area contributed by atoms with E-state index in [0.29, 0.717) is 11.8 Å². The van der Waals surface area contributed by atoms with Crippen molar-refractivity contribution in [2.24, 2.45) is 18.9 Å². The molecule has 3 unspecified atom stereocenters. The highest BCUT2D eigenvalue weighted by molar-refractivity contribution is 9.10. The lowest BCUT2D eigenvalue weighted by atomic mass is 10.00. The van der Waals surface area contributed by atoms with E-state index < -0.39 is 0 Å². The summed E-state index contributed by atoms with van der Waals surface area (Å²) >= 11 is 3.68. The predicted molar refractivity (Wildman–Crippen MR) is 77.8 cm³/mol. The summed E-state index contributed by atoms with van der Waals surface area (Å²) < 4.78 is 3.16. The summed E-state index contributed by atoms with van der Waals surface area (Å²) in [7, 11) is 2.02. The molecule has 0 bridgehead atoms. The van der Waals surface area contributed by atoms with Crippen LogP contribution in [0.1, 0.15) is 31.2 Å². The van der Waals surface area contributed by atoms with Gasteiger partial charge in [-0.25, -0.2) is 0 Å². The zero-order chi connectivity index (χ0) is 13.6. The minimum absolute atomic E-state index is 0.0730. The maximum atomic E-state index is 9.98. The number of fused-ring (bicyclic) bond motifs is 1. The van der Waals surface area contributed by atoms with Crippen molar-refractivity contribution in [2.45, 2.75) is 38.8 Å². The third kappa shape index (κ3) is 2.36. The zero-order valence-electron chi connectivity index (χ0n) is 11.6. The van der Waals surface area contributed by atoms with E-state index in [1.165, 1.54) is 12.1 Å². The van der Waals surface area contributed by atoms with Gasteiger partial charge in [0.15, 0.2) is 0 Å². The lowest BCUT2D eigenvalue weighted by Gasteiger charge is -2.18. The van der Waals surface area contributed by atoms with Crippen LogP contribution >= 0.6 is 15.9 Å². The third-order valence-corrected chi connectivity index (χ3v) is 5.69. The Bertz CT molecular complexity index is 474. The van der Waals surface area contributed by atoms with Crippen LogP contribution in [0.5, 0.6) is 0 Å². The average Bonchev–Trinajstić information content (AvgIpc) is 3.01. The minimum Gasteiger partial charge on any atom is -0.393 e. The van der Waals surface area contributed by atoms with E-state index in [9.17, 15) is 5.11 Å². The molecule has 1 N–H and O–H groups in total. The van der Waals surface area contributed by atoms with Gasteiger partial charge in [-0.2, -0.15) is 5.10 Å². The Morgan fingerprint density at radius 3 is 2.79 bits per heavy atom. The lowest BCUT2D eigenvalue weighted by Crippen LogP contribution is -2.25. The van der Waals surface area contributed by atoms with Crippen molar-refractivity contribution < 1.29 is 5.11 Å². The van der Waals surface area contributed by atoms with E-state index >= 15 is 0 Å². The van der Waals surface area contributed by atoms with Crippen LogP contribution in [0, 0.1) is 11.8 Å². The predicted octanol–water partition coefficient (Wildman–Crippen LogP) is 1.95. The van der Waals surface area contributed by atoms with E-state index in [2.05, 4.69) is 32.9 Å². The van der Waals surface area contributed by atoms with Gasteiger partial charge in [-0.1, -0.05) is 6.92 Å². The topological polar surface area (TPSA) is 41.3 Å². The van der Waals surface area contributed by atoms with E-state index in [4.69, 9.17) is 0 Å². The maximum absolute atomic E-state index is 9.98. The van der Waals surface area contributed by atoms with Gasteiger partial charge in [-0.3, -0.25) is 9.58 Å². The summed E-state index contributed by atoms with van der Waals surface area (Å²) in [5.74, 6) is 1.20. The molecule has 2 fully saturated rings. The highest BCUT2D eigenvalue weighted by Crippen LogP contribution is 2.39. The molecule has 0 aromatic carbocycles. The summed E-state index contributed by atoms with van der Waals surface area (Å²) in [6, 6.07) is 0. The molecule has 1 aromatic heterocycles. The van der Waals surface area contributed by atoms with Crippen LogP contribution in [-0.2, 0) is 20.0 Å². The van der Waals surface area contributed by atoms with Gasteiger partial charge < -0.3 is 5.11 Å². The number of hydrogen-bond acceptors (Lipinski definition) is 3. The minimum atomic E-state index is -0.0730. The second-order valence-corrected chi connectivity index (χ2v) is 6.74. The molecule has 4 nitrogen and oxygen atoms in total. The second-order valence-electron chi connectivity index (χ2n) is 5.95. The standard InChI is InChI=1S/C14H22BrN3O/c1-3-11-14(15)12(17(2)16-11)8-18-6-9-4-5-13(19)10(9)7-18/h9-10,13,19H,3-8H2,1-2H3. The number of aliphatic hydroxyl groups is 1. The first-order chi connectivity index (χ1) is 9.10. The van der Waals surface area contributed by atoms with Gasteiger partial charge in [0.05, 0.1) is 22.0 Å². The van der Waals surface area contributed by atoms with Crippen molar-refractivity contribution in [1.29, 1.82) is 0 Å². The number of aromatic nitrogens is 2. The van der Waals surface area contributed by atoms with Gasteiger partial charge in [-0.05, 0) is 41.1 Å². The van der Waals surface area contributed by atoms with Gasteiger partial charge >= 0.3 is 0 Å². The molecule has 0 radical (unpaired) electrons. The first kappa shape index (κ1) is 13.6. The molecule has 1 aromatic rings. The molecule has 1 saturated carbocycles. The Morgan fingerprint density at radius 1 is 1.37 bits per heavy atom. The molecular formula is C14H22BrN3O. The average molecular weight is 328 g/mol. The van der Waals surface area contributed by atoms with Crippen molar-refractivity contribution in [1.82, 2.24) is 14.7 Å². The Kier molecular flexibility index (Phi) is 3.71. The fraction of sp³-hybridized carbons (Fsp3) is 0.786. The molecule has 0 amide bonds. The summed E-state index contributed by atoms with van der Waals surface area (Å²) in [5.41, 5.74) is 2.39. The molecule has 3 atom stereocenters. The molecule has 2 heterocycles. The fourth-order valence-electron chi connectivity index (χ4n) is 3.66. The van der Waals surface area contributed by atoms with Crippen LogP contribution in [0.25, 0.3) is 0 Å². The number of rotatable bonds is 3. The normalized spacial score (nSPS) is 31.1. The Morgan fingerprint density at radius 2 is 2.16 bits per heavy atom. The van der Waals surface area contributed by atoms with Crippen molar-refractivity contribution in [2.75, 3.05) is 13.1 Å². The number of halogens is 1. The molecule has 1 aliphatic heterocycles. The van der Waals surface area contributed by atoms with E-state index in [1.54, 1.807) is 0 Å². The van der Waals surface area contributed by atoms with Gasteiger partial charge in [0.2, 0.25) is 0 Å². The first-order valence-corrected chi connectivity index (χ1v) is 8.00. The third-order valence-electron chi connectivity index (χ3n) is 4.77. The Hall–Kier alpha value is -0.390. The Labute approximate surface area is 122 Å². The summed E-state index contributed by atoms with van der Waals surface area (Å²) in [5, 5.41) is 14.5. The highest BCUT2D eigenvalue weighted by atomic mass is 79.9. The van der Waals surface area contributed by atoms with Crippen LogP contribution in [0.15, 0.2) is 4.47 Å². The number of nitrogens with zero attached hydrogens (tertiary/aromatic N) is 3. The number of likely N-dealkylation sites (tertiary alicyclic amines) is 1. The van der Waals surface area contributed by atoms with Crippen molar-refractivity contribution >= 4 is 15.9 Å². The van der Waals surface area contributed by atoms with Crippen molar-refractivity contribution in [3.8, 4) is 0 Å². The van der Waals surface area contributed by atoms with E-state index in [-0.39, 0.29) is 6.10 Å². The summed E-state index contributed by atoms with van der Waals surface area (Å²) in [4.78, 5) is 2.47. The molecular weight excluding hydrogens is 306 g/mol. The van der Waals surface area contributed by atoms with Crippen LogP contribution in [0.4, 0.5) is 0 Å². The summed E-state index contributed by atoms with van der Waals surface area (Å²) in [6.07, 6.45) is 3.07. The van der Waals surface area contributed by atoms with E-state index in [1.807, 2.05) is 11.7 Å². The molecule has 1 saturated heterocycles. The van der Waals surface area contributed by atoms with E-state index in [0.717, 1.165) is 42.6 Å². The molecule has 19 heavy (non-hydrogen) atoms. The van der Waals surface area contributed by atoms with Crippen LogP contribution < -0.4 is 0 Å². The first-order valence-electron chi connectivity index (χ1n) is 7.20. The Balaban J connectivity index is 1.72. The van der Waals surface area contributed by atoms with Crippen LogP contribution in [0.2, 0.25) is 0 Å². The molecule has 5 heteroatoms. The molecule has 106 valence electrons. The fourth-order valence-corrected chi connectivity index (χ4v) is 4.40. The maximum Gasteiger partial charge on any atom is 0.0767 e. The van der Waals surface area contributed by atoms with Gasteiger partial charge in [-0.15, -0.1) is 0 Å². The van der Waals surface area contributed by atoms with Gasteiger partial charge in [0.25, 0.3) is 0 Å². The van der Waals surface area contributed by atoms with Crippen molar-refractivity contribution in [3.05, 3.63) is 15.9 Å². The molecule has 0 spiro atoms. The van der Waals surface area contributed by atoms with Crippen LogP contribution in [-0.4, -0.2) is 39.0 Å². The SMILES string of the molecule is CCc1nn(C)c(CN2CC3CCC(O)C3C2)c1Br. The monoisotopic (exact) mass is 327 g/mol.